The first-order chi connectivity index (χ1) is 16.4. The van der Waals surface area contributed by atoms with Crippen molar-refractivity contribution in [3.8, 4) is 0 Å². The Labute approximate surface area is 215 Å². The molecule has 4 aliphatic rings. The monoisotopic (exact) mass is 556 g/mol. The zero-order valence-electron chi connectivity index (χ0n) is 21.1. The summed E-state index contributed by atoms with van der Waals surface area (Å²) in [5, 5.41) is 22.6. The summed E-state index contributed by atoms with van der Waals surface area (Å²) in [5.41, 5.74) is -2.78. The number of alkyl halides is 2. The molecule has 2 N–H and O–H groups in total. The molecular weight excluding hydrogens is 519 g/mol. The summed E-state index contributed by atoms with van der Waals surface area (Å²) in [6.07, 6.45) is 6.15. The molecule has 3 saturated carbocycles. The third kappa shape index (κ3) is 4.12. The van der Waals surface area contributed by atoms with Gasteiger partial charge in [-0.25, -0.2) is 4.39 Å². The van der Waals surface area contributed by atoms with Crippen LogP contribution in [0.2, 0.25) is 0 Å². The number of ether oxygens (including phenoxy) is 2. The number of halogens is 2. The van der Waals surface area contributed by atoms with Crippen molar-refractivity contribution >= 4 is 27.5 Å². The zero-order valence-corrected chi connectivity index (χ0v) is 22.6. The predicted molar refractivity (Wildman–Crippen MR) is 132 cm³/mol. The molecule has 0 radical (unpaired) electrons. The Kier molecular flexibility index (Phi) is 7.30. The van der Waals surface area contributed by atoms with Gasteiger partial charge in [-0.15, -0.1) is 0 Å². The van der Waals surface area contributed by atoms with Gasteiger partial charge in [0.05, 0.1) is 6.10 Å². The van der Waals surface area contributed by atoms with Gasteiger partial charge in [-0.2, -0.15) is 0 Å². The molecule has 6 nitrogen and oxygen atoms in total. The molecule has 0 aliphatic heterocycles. The summed E-state index contributed by atoms with van der Waals surface area (Å²) in [4.78, 5) is 25.5. The Bertz CT molecular complexity index is 937. The standard InChI is InChI=1S/C27H38BrFO6/c1-16-12-20-19-7-6-17-13-18(30)8-10-25(17,3)27(19,29)22(32)14-24(20,2)23(16)21(31)15-35-26(33,34-4)9-5-11-28/h8,10,13,16,19-20,22-23,32-33H,5-7,9,11-12,14-15H2,1-4H3/t16-,19?,20?,22?,23?,24?,25?,26?,27+/m1/s1. The van der Waals surface area contributed by atoms with E-state index in [4.69, 9.17) is 9.47 Å². The summed E-state index contributed by atoms with van der Waals surface area (Å²) in [6.45, 7) is 5.52. The average Bonchev–Trinajstić information content (AvgIpc) is 3.07. The van der Waals surface area contributed by atoms with Gasteiger partial charge in [0.1, 0.15) is 6.61 Å². The molecule has 9 atom stereocenters. The van der Waals surface area contributed by atoms with Crippen LogP contribution in [0.15, 0.2) is 23.8 Å². The van der Waals surface area contributed by atoms with Crippen LogP contribution < -0.4 is 0 Å². The van der Waals surface area contributed by atoms with Crippen LogP contribution in [-0.4, -0.2) is 58.6 Å². The molecule has 0 amide bonds. The minimum absolute atomic E-state index is 0.0120. The number of fused-ring (bicyclic) bond motifs is 5. The van der Waals surface area contributed by atoms with E-state index in [1.54, 1.807) is 13.0 Å². The SMILES string of the molecule is COC(O)(CCCBr)OCC(=O)C1[C@H](C)CC2C3CCC4=CC(=O)C=CC4(C)[C@@]3(F)C(O)CC21C. The molecule has 4 rings (SSSR count). The quantitative estimate of drug-likeness (QED) is 0.342. The van der Waals surface area contributed by atoms with Crippen LogP contribution in [0.25, 0.3) is 0 Å². The van der Waals surface area contributed by atoms with Gasteiger partial charge >= 0.3 is 0 Å². The van der Waals surface area contributed by atoms with Crippen molar-refractivity contribution in [1.29, 1.82) is 0 Å². The fraction of sp³-hybridized carbons (Fsp3) is 0.778. The molecule has 0 saturated heterocycles. The molecule has 0 aromatic rings. The average molecular weight is 557 g/mol. The second-order valence-corrected chi connectivity index (χ2v) is 12.3. The number of carbonyl (C=O) groups excluding carboxylic acids is 2. The first kappa shape index (κ1) is 27.1. The van der Waals surface area contributed by atoms with E-state index in [0.717, 1.165) is 5.57 Å². The predicted octanol–water partition coefficient (Wildman–Crippen LogP) is 4.27. The van der Waals surface area contributed by atoms with Crippen LogP contribution in [0.4, 0.5) is 4.39 Å². The molecule has 0 aromatic carbocycles. The van der Waals surface area contributed by atoms with Crippen molar-refractivity contribution in [2.24, 2.45) is 34.5 Å². The van der Waals surface area contributed by atoms with Crippen LogP contribution in [-0.2, 0) is 19.1 Å². The van der Waals surface area contributed by atoms with Gasteiger partial charge in [0.2, 0.25) is 0 Å². The van der Waals surface area contributed by atoms with E-state index >= 15 is 4.39 Å². The third-order valence-electron chi connectivity index (χ3n) is 9.71. The van der Waals surface area contributed by atoms with E-state index in [2.05, 4.69) is 15.9 Å². The number of aliphatic hydroxyl groups excluding tert-OH is 1. The van der Waals surface area contributed by atoms with Crippen LogP contribution in [0.5, 0.6) is 0 Å². The molecule has 0 heterocycles. The number of methoxy groups -OCH3 is 1. The van der Waals surface area contributed by atoms with Crippen molar-refractivity contribution in [3.63, 3.8) is 0 Å². The lowest BCUT2D eigenvalue weighted by molar-refractivity contribution is -0.350. The lowest BCUT2D eigenvalue weighted by Gasteiger charge is -2.62. The largest absolute Gasteiger partial charge is 0.390 e. The molecule has 0 spiro atoms. The summed E-state index contributed by atoms with van der Waals surface area (Å²) in [6, 6.07) is 0. The highest BCUT2D eigenvalue weighted by Gasteiger charge is 2.71. The van der Waals surface area contributed by atoms with E-state index in [-0.39, 0.29) is 42.9 Å². The van der Waals surface area contributed by atoms with E-state index in [0.29, 0.717) is 31.0 Å². The highest BCUT2D eigenvalue weighted by molar-refractivity contribution is 9.09. The van der Waals surface area contributed by atoms with Crippen molar-refractivity contribution in [3.05, 3.63) is 23.8 Å². The van der Waals surface area contributed by atoms with Crippen LogP contribution >= 0.6 is 15.9 Å². The van der Waals surface area contributed by atoms with E-state index in [1.165, 1.54) is 19.3 Å². The van der Waals surface area contributed by atoms with E-state index in [9.17, 15) is 19.8 Å². The van der Waals surface area contributed by atoms with Crippen LogP contribution in [0, 0.1) is 34.5 Å². The number of hydrogen-bond donors (Lipinski definition) is 2. The van der Waals surface area contributed by atoms with E-state index < -0.39 is 40.4 Å². The molecule has 0 bridgehead atoms. The summed E-state index contributed by atoms with van der Waals surface area (Å²) in [7, 11) is 1.34. The lowest BCUT2D eigenvalue weighted by Crippen LogP contribution is -2.66. The molecule has 0 aromatic heterocycles. The Morgan fingerprint density at radius 1 is 1.34 bits per heavy atom. The maximum Gasteiger partial charge on any atom is 0.280 e. The summed E-state index contributed by atoms with van der Waals surface area (Å²) < 4.78 is 27.8. The first-order valence-corrected chi connectivity index (χ1v) is 13.8. The van der Waals surface area contributed by atoms with Gasteiger partial charge in [0.15, 0.2) is 17.2 Å². The molecule has 8 heteroatoms. The Morgan fingerprint density at radius 3 is 2.71 bits per heavy atom. The number of Topliss-reactive ketones (excluding diaryl/α,β-unsaturated/α-hetero) is 1. The van der Waals surface area contributed by atoms with Crippen molar-refractivity contribution < 1.29 is 33.7 Å². The van der Waals surface area contributed by atoms with Crippen LogP contribution in [0.1, 0.15) is 59.3 Å². The van der Waals surface area contributed by atoms with Gasteiger partial charge in [-0.1, -0.05) is 41.4 Å². The number of hydrogen-bond acceptors (Lipinski definition) is 6. The Morgan fingerprint density at radius 2 is 2.06 bits per heavy atom. The number of ketones is 2. The maximum absolute atomic E-state index is 17.2. The maximum atomic E-state index is 17.2. The highest BCUT2D eigenvalue weighted by atomic mass is 79.9. The highest BCUT2D eigenvalue weighted by Crippen LogP contribution is 2.69. The number of aliphatic hydroxyl groups is 2. The van der Waals surface area contributed by atoms with Gasteiger partial charge in [0, 0.05) is 36.1 Å². The Hall–Kier alpha value is -0.930. The molecule has 196 valence electrons. The minimum Gasteiger partial charge on any atom is -0.390 e. The summed E-state index contributed by atoms with van der Waals surface area (Å²) >= 11 is 3.32. The van der Waals surface area contributed by atoms with Crippen molar-refractivity contribution in [1.82, 2.24) is 0 Å². The first-order valence-electron chi connectivity index (χ1n) is 12.7. The number of allylic oxidation sites excluding steroid dienone is 4. The zero-order chi connectivity index (χ0) is 25.8. The topological polar surface area (TPSA) is 93.1 Å². The smallest absolute Gasteiger partial charge is 0.280 e. The second-order valence-electron chi connectivity index (χ2n) is 11.5. The van der Waals surface area contributed by atoms with Gasteiger partial charge in [-0.05, 0) is 68.4 Å². The fourth-order valence-corrected chi connectivity index (χ4v) is 8.34. The summed E-state index contributed by atoms with van der Waals surface area (Å²) in [5.74, 6) is -3.06. The van der Waals surface area contributed by atoms with Crippen LogP contribution in [0.3, 0.4) is 0 Å². The minimum atomic E-state index is -1.90. The molecule has 35 heavy (non-hydrogen) atoms. The number of carbonyl (C=O) groups is 2. The molecule has 3 fully saturated rings. The van der Waals surface area contributed by atoms with Gasteiger partial charge in [-0.3, -0.25) is 9.59 Å². The van der Waals surface area contributed by atoms with Gasteiger partial charge < -0.3 is 19.7 Å². The number of rotatable bonds is 8. The molecular formula is C27H38BrFO6. The van der Waals surface area contributed by atoms with Gasteiger partial charge in [0.25, 0.3) is 5.97 Å². The van der Waals surface area contributed by atoms with Crippen molar-refractivity contribution in [2.75, 3.05) is 19.0 Å². The van der Waals surface area contributed by atoms with Crippen molar-refractivity contribution in [2.45, 2.75) is 77.0 Å². The molecule has 4 aliphatic carbocycles. The fourth-order valence-electron chi connectivity index (χ4n) is 8.06. The van der Waals surface area contributed by atoms with E-state index in [1.807, 2.05) is 13.8 Å². The lowest BCUT2D eigenvalue weighted by atomic mass is 9.45. The Balaban J connectivity index is 1.59. The third-order valence-corrected chi connectivity index (χ3v) is 10.3. The second kappa shape index (κ2) is 9.43. The molecule has 7 unspecified atom stereocenters. The normalized spacial score (nSPS) is 44.2.